The lowest BCUT2D eigenvalue weighted by molar-refractivity contribution is 0.0946. The Kier molecular flexibility index (Phi) is 5.58. The molecule has 142 valence electrons. The van der Waals surface area contributed by atoms with Crippen molar-refractivity contribution in [2.45, 2.75) is 38.8 Å². The fourth-order valence-corrected chi connectivity index (χ4v) is 3.78. The van der Waals surface area contributed by atoms with Gasteiger partial charge in [-0.05, 0) is 49.2 Å². The molecule has 5 heteroatoms. The molecule has 2 aliphatic rings. The first-order valence-corrected chi connectivity index (χ1v) is 9.76. The van der Waals surface area contributed by atoms with Gasteiger partial charge >= 0.3 is 0 Å². The van der Waals surface area contributed by atoms with Gasteiger partial charge in [-0.2, -0.15) is 0 Å². The third kappa shape index (κ3) is 4.42. The standard InChI is InChI=1S/C22H26N2O3/c25-22(19-9-6-10-20-21(19)27-16-26-20)23-14-17-7-5-8-18(13-17)15-24-11-3-1-2-4-12-24/h5-10,13H,1-4,11-12,14-16H2,(H,23,25). The van der Waals surface area contributed by atoms with Crippen LogP contribution >= 0.6 is 0 Å². The van der Waals surface area contributed by atoms with E-state index in [2.05, 4.69) is 34.5 Å². The second-order valence-electron chi connectivity index (χ2n) is 7.23. The Bertz CT molecular complexity index is 798. The van der Waals surface area contributed by atoms with Crippen molar-refractivity contribution in [2.24, 2.45) is 0 Å². The summed E-state index contributed by atoms with van der Waals surface area (Å²) in [5.41, 5.74) is 2.94. The van der Waals surface area contributed by atoms with Crippen molar-refractivity contribution >= 4 is 5.91 Å². The third-order valence-electron chi connectivity index (χ3n) is 5.19. The highest BCUT2D eigenvalue weighted by molar-refractivity contribution is 5.97. The number of carbonyl (C=O) groups is 1. The fraction of sp³-hybridized carbons (Fsp3) is 0.409. The van der Waals surface area contributed by atoms with Crippen molar-refractivity contribution in [3.05, 3.63) is 59.2 Å². The summed E-state index contributed by atoms with van der Waals surface area (Å²) in [6.07, 6.45) is 5.28. The lowest BCUT2D eigenvalue weighted by Crippen LogP contribution is -2.25. The molecule has 2 heterocycles. The zero-order chi connectivity index (χ0) is 18.5. The zero-order valence-corrected chi connectivity index (χ0v) is 15.6. The van der Waals surface area contributed by atoms with Gasteiger partial charge in [0.05, 0.1) is 5.56 Å². The van der Waals surface area contributed by atoms with Crippen LogP contribution in [0.25, 0.3) is 0 Å². The summed E-state index contributed by atoms with van der Waals surface area (Å²) in [6.45, 7) is 4.01. The van der Waals surface area contributed by atoms with E-state index in [4.69, 9.17) is 9.47 Å². The Morgan fingerprint density at radius 2 is 1.74 bits per heavy atom. The van der Waals surface area contributed by atoms with Gasteiger partial charge in [-0.25, -0.2) is 0 Å². The van der Waals surface area contributed by atoms with Gasteiger partial charge < -0.3 is 14.8 Å². The number of ether oxygens (including phenoxy) is 2. The maximum Gasteiger partial charge on any atom is 0.255 e. The minimum atomic E-state index is -0.143. The maximum absolute atomic E-state index is 12.6. The molecule has 0 aliphatic carbocycles. The summed E-state index contributed by atoms with van der Waals surface area (Å²) in [5, 5.41) is 3.00. The van der Waals surface area contributed by atoms with Crippen LogP contribution in [-0.4, -0.2) is 30.7 Å². The number of nitrogens with zero attached hydrogens (tertiary/aromatic N) is 1. The van der Waals surface area contributed by atoms with Gasteiger partial charge in [0.15, 0.2) is 11.5 Å². The second kappa shape index (κ2) is 8.44. The van der Waals surface area contributed by atoms with Crippen LogP contribution in [0.1, 0.15) is 47.2 Å². The normalized spacial score (nSPS) is 16.7. The van der Waals surface area contributed by atoms with Crippen molar-refractivity contribution in [1.82, 2.24) is 10.2 Å². The van der Waals surface area contributed by atoms with E-state index in [1.54, 1.807) is 6.07 Å². The first kappa shape index (κ1) is 17.9. The first-order valence-electron chi connectivity index (χ1n) is 9.76. The predicted octanol–water partition coefficient (Wildman–Crippen LogP) is 3.72. The van der Waals surface area contributed by atoms with Crippen LogP contribution in [0.3, 0.4) is 0 Å². The van der Waals surface area contributed by atoms with E-state index in [-0.39, 0.29) is 12.7 Å². The molecular weight excluding hydrogens is 340 g/mol. The number of nitrogens with one attached hydrogen (secondary N) is 1. The maximum atomic E-state index is 12.6. The zero-order valence-electron chi connectivity index (χ0n) is 15.6. The van der Waals surface area contributed by atoms with Crippen LogP contribution in [0.4, 0.5) is 0 Å². The van der Waals surface area contributed by atoms with Crippen molar-refractivity contribution in [3.8, 4) is 11.5 Å². The number of rotatable bonds is 5. The lowest BCUT2D eigenvalue weighted by atomic mass is 10.1. The Labute approximate surface area is 160 Å². The molecule has 1 saturated heterocycles. The average molecular weight is 366 g/mol. The van der Waals surface area contributed by atoms with Gasteiger partial charge in [-0.15, -0.1) is 0 Å². The van der Waals surface area contributed by atoms with Crippen molar-refractivity contribution < 1.29 is 14.3 Å². The molecule has 2 aliphatic heterocycles. The number of fused-ring (bicyclic) bond motifs is 1. The molecule has 1 N–H and O–H groups in total. The molecule has 0 bridgehead atoms. The predicted molar refractivity (Wildman–Crippen MR) is 104 cm³/mol. The molecular formula is C22H26N2O3. The van der Waals surface area contributed by atoms with Gasteiger partial charge in [-0.1, -0.05) is 43.2 Å². The molecule has 0 radical (unpaired) electrons. The Morgan fingerprint density at radius 3 is 2.59 bits per heavy atom. The first-order chi connectivity index (χ1) is 13.3. The van der Waals surface area contributed by atoms with E-state index in [0.717, 1.165) is 12.1 Å². The van der Waals surface area contributed by atoms with Crippen molar-refractivity contribution in [3.63, 3.8) is 0 Å². The van der Waals surface area contributed by atoms with Crippen molar-refractivity contribution in [1.29, 1.82) is 0 Å². The second-order valence-corrected chi connectivity index (χ2v) is 7.23. The Morgan fingerprint density at radius 1 is 0.963 bits per heavy atom. The number of hydrogen-bond acceptors (Lipinski definition) is 4. The quantitative estimate of drug-likeness (QED) is 0.876. The molecule has 0 saturated carbocycles. The molecule has 4 rings (SSSR count). The van der Waals surface area contributed by atoms with Gasteiger partial charge in [0.25, 0.3) is 5.91 Å². The molecule has 1 amide bonds. The highest BCUT2D eigenvalue weighted by atomic mass is 16.7. The highest BCUT2D eigenvalue weighted by Gasteiger charge is 2.21. The third-order valence-corrected chi connectivity index (χ3v) is 5.19. The number of benzene rings is 2. The van der Waals surface area contributed by atoms with E-state index in [1.165, 1.54) is 44.3 Å². The lowest BCUT2D eigenvalue weighted by Gasteiger charge is -2.20. The molecule has 0 unspecified atom stereocenters. The number of para-hydroxylation sites is 1. The van der Waals surface area contributed by atoms with Crippen LogP contribution in [0.2, 0.25) is 0 Å². The number of likely N-dealkylation sites (tertiary alicyclic amines) is 1. The Hall–Kier alpha value is -2.53. The minimum Gasteiger partial charge on any atom is -0.454 e. The Balaban J connectivity index is 1.37. The number of hydrogen-bond donors (Lipinski definition) is 1. The molecule has 0 spiro atoms. The largest absolute Gasteiger partial charge is 0.454 e. The fourth-order valence-electron chi connectivity index (χ4n) is 3.78. The molecule has 2 aromatic carbocycles. The highest BCUT2D eigenvalue weighted by Crippen LogP contribution is 2.35. The van der Waals surface area contributed by atoms with Crippen LogP contribution in [0.5, 0.6) is 11.5 Å². The summed E-state index contributed by atoms with van der Waals surface area (Å²) < 4.78 is 10.8. The van der Waals surface area contributed by atoms with Crippen LogP contribution in [-0.2, 0) is 13.1 Å². The van der Waals surface area contributed by atoms with E-state index < -0.39 is 0 Å². The van der Waals surface area contributed by atoms with Gasteiger partial charge in [0.1, 0.15) is 0 Å². The summed E-state index contributed by atoms with van der Waals surface area (Å²) >= 11 is 0. The van der Waals surface area contributed by atoms with Crippen molar-refractivity contribution in [2.75, 3.05) is 19.9 Å². The van der Waals surface area contributed by atoms with E-state index in [9.17, 15) is 4.79 Å². The molecule has 0 aromatic heterocycles. The molecule has 0 atom stereocenters. The molecule has 27 heavy (non-hydrogen) atoms. The van der Waals surface area contributed by atoms with Gasteiger partial charge in [0.2, 0.25) is 6.79 Å². The van der Waals surface area contributed by atoms with E-state index in [1.807, 2.05) is 12.1 Å². The summed E-state index contributed by atoms with van der Waals surface area (Å²) in [7, 11) is 0. The van der Waals surface area contributed by atoms with Crippen LogP contribution in [0, 0.1) is 0 Å². The topological polar surface area (TPSA) is 50.8 Å². The van der Waals surface area contributed by atoms with E-state index in [0.29, 0.717) is 23.6 Å². The smallest absolute Gasteiger partial charge is 0.255 e. The summed E-state index contributed by atoms with van der Waals surface area (Å²) in [4.78, 5) is 15.1. The summed E-state index contributed by atoms with van der Waals surface area (Å²) in [6, 6.07) is 13.9. The van der Waals surface area contributed by atoms with Crippen LogP contribution < -0.4 is 14.8 Å². The monoisotopic (exact) mass is 366 g/mol. The molecule has 1 fully saturated rings. The molecule has 5 nitrogen and oxygen atoms in total. The molecule has 2 aromatic rings. The van der Waals surface area contributed by atoms with Gasteiger partial charge in [0, 0.05) is 13.1 Å². The average Bonchev–Trinajstić information content (AvgIpc) is 3.04. The SMILES string of the molecule is O=C(NCc1cccc(CN2CCCCCC2)c1)c1cccc2c1OCO2. The van der Waals surface area contributed by atoms with Crippen LogP contribution in [0.15, 0.2) is 42.5 Å². The van der Waals surface area contributed by atoms with E-state index >= 15 is 0 Å². The minimum absolute atomic E-state index is 0.143. The summed E-state index contributed by atoms with van der Waals surface area (Å²) in [5.74, 6) is 1.02. The number of carbonyl (C=O) groups excluding carboxylic acids is 1. The number of amides is 1. The van der Waals surface area contributed by atoms with Gasteiger partial charge in [-0.3, -0.25) is 9.69 Å².